The first kappa shape index (κ1) is 21.8. The lowest BCUT2D eigenvalue weighted by Crippen LogP contribution is -2.23. The second-order valence-electron chi connectivity index (χ2n) is 6.54. The second-order valence-corrected chi connectivity index (χ2v) is 7.46. The van der Waals surface area contributed by atoms with E-state index in [0.29, 0.717) is 23.3 Å². The van der Waals surface area contributed by atoms with Crippen LogP contribution < -0.4 is 15.0 Å². The van der Waals surface area contributed by atoms with Crippen LogP contribution in [0.2, 0.25) is 0 Å². The van der Waals surface area contributed by atoms with Crippen LogP contribution in [-0.2, 0) is 16.1 Å². The molecule has 0 atom stereocenters. The lowest BCUT2D eigenvalue weighted by atomic mass is 10.2. The summed E-state index contributed by atoms with van der Waals surface area (Å²) in [5.41, 5.74) is 0.424. The van der Waals surface area contributed by atoms with Crippen LogP contribution >= 0.6 is 15.9 Å². The summed E-state index contributed by atoms with van der Waals surface area (Å²) in [6.45, 7) is 3.30. The fourth-order valence-corrected chi connectivity index (χ4v) is 3.10. The Labute approximate surface area is 182 Å². The number of nitrogens with zero attached hydrogens (tertiary/aromatic N) is 2. The summed E-state index contributed by atoms with van der Waals surface area (Å²) in [5, 5.41) is 0.500. The number of hydrogen-bond acceptors (Lipinski definition) is 6. The minimum absolute atomic E-state index is 0.0740. The van der Waals surface area contributed by atoms with Gasteiger partial charge in [0.15, 0.2) is 0 Å². The smallest absolute Gasteiger partial charge is 0.307 e. The maximum absolute atomic E-state index is 12.5. The van der Waals surface area contributed by atoms with Gasteiger partial charge in [-0.15, -0.1) is 0 Å². The highest BCUT2D eigenvalue weighted by molar-refractivity contribution is 9.10. The van der Waals surface area contributed by atoms with Crippen LogP contribution in [0.4, 0.5) is 0 Å². The summed E-state index contributed by atoms with van der Waals surface area (Å²) >= 11 is 3.35. The maximum Gasteiger partial charge on any atom is 0.307 e. The molecular weight excluding hydrogens is 452 g/mol. The molecule has 2 aromatic carbocycles. The van der Waals surface area contributed by atoms with Crippen molar-refractivity contribution in [3.05, 3.63) is 63.6 Å². The highest BCUT2D eigenvalue weighted by Crippen LogP contribution is 2.18. The van der Waals surface area contributed by atoms with Crippen molar-refractivity contribution < 1.29 is 19.0 Å². The number of rotatable bonds is 10. The zero-order valence-electron chi connectivity index (χ0n) is 16.7. The van der Waals surface area contributed by atoms with Gasteiger partial charge in [0.05, 0.1) is 30.3 Å². The lowest BCUT2D eigenvalue weighted by molar-refractivity contribution is -0.144. The predicted octanol–water partition coefficient (Wildman–Crippen LogP) is 3.96. The highest BCUT2D eigenvalue weighted by atomic mass is 79.9. The molecule has 0 N–H and O–H groups in total. The number of hydrogen-bond donors (Lipinski definition) is 0. The molecule has 158 valence electrons. The van der Waals surface area contributed by atoms with E-state index in [-0.39, 0.29) is 31.7 Å². The fraction of sp³-hybridized carbons (Fsp3) is 0.318. The summed E-state index contributed by atoms with van der Waals surface area (Å²) in [7, 11) is 0. The molecule has 0 unspecified atom stereocenters. The molecule has 0 amide bonds. The first-order valence-electron chi connectivity index (χ1n) is 9.73. The van der Waals surface area contributed by atoms with E-state index >= 15 is 0 Å². The molecule has 0 radical (unpaired) electrons. The lowest BCUT2D eigenvalue weighted by Gasteiger charge is -2.09. The van der Waals surface area contributed by atoms with Gasteiger partial charge in [-0.05, 0) is 48.9 Å². The number of carbonyl (C=O) groups excluding carboxylic acids is 1. The molecular formula is C22H23BrN2O5. The Balaban J connectivity index is 1.41. The molecule has 0 spiro atoms. The molecule has 0 aliphatic heterocycles. The van der Waals surface area contributed by atoms with Gasteiger partial charge in [-0.2, -0.15) is 0 Å². The van der Waals surface area contributed by atoms with Crippen LogP contribution in [0, 0.1) is 0 Å². The summed E-state index contributed by atoms with van der Waals surface area (Å²) in [6, 6.07) is 12.6. The minimum atomic E-state index is -0.400. The molecule has 3 rings (SSSR count). The van der Waals surface area contributed by atoms with E-state index in [0.717, 1.165) is 16.6 Å². The number of esters is 1. The van der Waals surface area contributed by atoms with E-state index in [1.807, 2.05) is 30.3 Å². The van der Waals surface area contributed by atoms with Gasteiger partial charge < -0.3 is 14.2 Å². The molecule has 0 bridgehead atoms. The first-order valence-corrected chi connectivity index (χ1v) is 10.5. The van der Waals surface area contributed by atoms with Crippen molar-refractivity contribution in [1.29, 1.82) is 0 Å². The quantitative estimate of drug-likeness (QED) is 0.326. The third-order valence-electron chi connectivity index (χ3n) is 4.25. The van der Waals surface area contributed by atoms with E-state index in [1.165, 1.54) is 10.9 Å². The topological polar surface area (TPSA) is 79.7 Å². The zero-order chi connectivity index (χ0) is 21.3. The Morgan fingerprint density at radius 2 is 1.73 bits per heavy atom. The third-order valence-corrected chi connectivity index (χ3v) is 4.75. The van der Waals surface area contributed by atoms with E-state index in [2.05, 4.69) is 27.8 Å². The fourth-order valence-electron chi connectivity index (χ4n) is 2.74. The van der Waals surface area contributed by atoms with E-state index < -0.39 is 5.97 Å². The van der Waals surface area contributed by atoms with Crippen LogP contribution in [0.25, 0.3) is 10.9 Å². The normalized spacial score (nSPS) is 10.7. The molecule has 0 aliphatic carbocycles. The number of aryl methyl sites for hydroxylation is 1. The van der Waals surface area contributed by atoms with Gasteiger partial charge in [-0.25, -0.2) is 4.98 Å². The standard InChI is InChI=1S/C22H23BrN2O5/c1-2-11-28-17-4-6-18(7-5-17)29-12-13-30-21(26)9-10-25-15-24-20-8-3-16(23)14-19(20)22(25)27/h3-8,14-15H,2,9-13H2,1H3. The Morgan fingerprint density at radius 1 is 1.03 bits per heavy atom. The third kappa shape index (κ3) is 6.06. The first-order chi connectivity index (χ1) is 14.6. The number of halogens is 1. The SMILES string of the molecule is CCCOc1ccc(OCCOC(=O)CCn2cnc3ccc(Br)cc3c2=O)cc1. The largest absolute Gasteiger partial charge is 0.494 e. The van der Waals surface area contributed by atoms with Crippen LogP contribution in [0.3, 0.4) is 0 Å². The van der Waals surface area contributed by atoms with Gasteiger partial charge in [0.2, 0.25) is 0 Å². The highest BCUT2D eigenvalue weighted by Gasteiger charge is 2.08. The van der Waals surface area contributed by atoms with Crippen molar-refractivity contribution in [2.24, 2.45) is 0 Å². The van der Waals surface area contributed by atoms with Gasteiger partial charge in [0, 0.05) is 11.0 Å². The maximum atomic E-state index is 12.5. The molecule has 0 saturated heterocycles. The molecule has 7 nitrogen and oxygen atoms in total. The molecule has 30 heavy (non-hydrogen) atoms. The molecule has 0 fully saturated rings. The zero-order valence-corrected chi connectivity index (χ0v) is 18.3. The van der Waals surface area contributed by atoms with Crippen LogP contribution in [0.15, 0.2) is 58.1 Å². The summed E-state index contributed by atoms with van der Waals surface area (Å²) in [6.07, 6.45) is 2.47. The van der Waals surface area contributed by atoms with Gasteiger partial charge in [0.1, 0.15) is 24.7 Å². The molecule has 8 heteroatoms. The van der Waals surface area contributed by atoms with Crippen molar-refractivity contribution in [3.63, 3.8) is 0 Å². The second kappa shape index (κ2) is 10.8. The summed E-state index contributed by atoms with van der Waals surface area (Å²) in [4.78, 5) is 28.7. The number of benzene rings is 2. The average Bonchev–Trinajstić information content (AvgIpc) is 2.76. The average molecular weight is 475 g/mol. The Bertz CT molecular complexity index is 1050. The molecule has 3 aromatic rings. The summed E-state index contributed by atoms with van der Waals surface area (Å²) in [5.74, 6) is 1.07. The van der Waals surface area contributed by atoms with Crippen molar-refractivity contribution >= 4 is 32.8 Å². The minimum Gasteiger partial charge on any atom is -0.494 e. The number of fused-ring (bicyclic) bond motifs is 1. The molecule has 0 saturated carbocycles. The Hall–Kier alpha value is -2.87. The van der Waals surface area contributed by atoms with Crippen molar-refractivity contribution in [1.82, 2.24) is 9.55 Å². The monoisotopic (exact) mass is 474 g/mol. The molecule has 1 aromatic heterocycles. The number of ether oxygens (including phenoxy) is 3. The van der Waals surface area contributed by atoms with Gasteiger partial charge >= 0.3 is 5.97 Å². The predicted molar refractivity (Wildman–Crippen MR) is 117 cm³/mol. The number of aromatic nitrogens is 2. The van der Waals surface area contributed by atoms with Gasteiger partial charge in [0.25, 0.3) is 5.56 Å². The van der Waals surface area contributed by atoms with Crippen molar-refractivity contribution in [2.45, 2.75) is 26.3 Å². The van der Waals surface area contributed by atoms with E-state index in [4.69, 9.17) is 14.2 Å². The number of carbonyl (C=O) groups is 1. The Kier molecular flexibility index (Phi) is 7.84. The van der Waals surface area contributed by atoms with Gasteiger partial charge in [-0.3, -0.25) is 14.2 Å². The van der Waals surface area contributed by atoms with E-state index in [1.54, 1.807) is 12.1 Å². The summed E-state index contributed by atoms with van der Waals surface area (Å²) < 4.78 is 18.5. The van der Waals surface area contributed by atoms with Crippen molar-refractivity contribution in [2.75, 3.05) is 19.8 Å². The van der Waals surface area contributed by atoms with Crippen molar-refractivity contribution in [3.8, 4) is 11.5 Å². The van der Waals surface area contributed by atoms with Crippen LogP contribution in [0.5, 0.6) is 11.5 Å². The molecule has 0 aliphatic rings. The van der Waals surface area contributed by atoms with Gasteiger partial charge in [-0.1, -0.05) is 22.9 Å². The van der Waals surface area contributed by atoms with E-state index in [9.17, 15) is 9.59 Å². The van der Waals surface area contributed by atoms with Crippen LogP contribution in [-0.4, -0.2) is 35.3 Å². The van der Waals surface area contributed by atoms with Crippen LogP contribution in [0.1, 0.15) is 19.8 Å². The molecule has 1 heterocycles. The Morgan fingerprint density at radius 3 is 2.43 bits per heavy atom.